The number of amides is 2. The number of hydrogen-bond acceptors (Lipinski definition) is 4. The number of nitrogens with one attached hydrogen (secondary N) is 3. The van der Waals surface area contributed by atoms with Gasteiger partial charge in [-0.15, -0.1) is 0 Å². The van der Waals surface area contributed by atoms with E-state index in [4.69, 9.17) is 9.47 Å². The molecule has 1 aliphatic heterocycles. The number of rotatable bonds is 6. The van der Waals surface area contributed by atoms with Crippen molar-refractivity contribution in [1.82, 2.24) is 15.6 Å². The van der Waals surface area contributed by atoms with E-state index in [1.54, 1.807) is 6.07 Å². The molecular weight excluding hydrogens is 322 g/mol. The van der Waals surface area contributed by atoms with Gasteiger partial charge in [-0.25, -0.2) is 0 Å². The lowest BCUT2D eigenvalue weighted by Gasteiger charge is -2.26. The maximum Gasteiger partial charge on any atom is 0.271 e. The third-order valence-electron chi connectivity index (χ3n) is 4.03. The van der Waals surface area contributed by atoms with Crippen LogP contribution >= 0.6 is 0 Å². The summed E-state index contributed by atoms with van der Waals surface area (Å²) in [6, 6.07) is 11.2. The van der Waals surface area contributed by atoms with Gasteiger partial charge in [0.25, 0.3) is 11.8 Å². The van der Waals surface area contributed by atoms with Crippen LogP contribution in [0.4, 0.5) is 0 Å². The largest absolute Gasteiger partial charge is 0.484 e. The molecule has 0 spiro atoms. The molecule has 2 amide bonds. The Morgan fingerprint density at radius 2 is 1.96 bits per heavy atom. The van der Waals surface area contributed by atoms with Gasteiger partial charge in [-0.3, -0.25) is 9.59 Å². The number of aromatic nitrogens is 1. The molecule has 0 saturated carbocycles. The number of benzene rings is 1. The summed E-state index contributed by atoms with van der Waals surface area (Å²) in [5.74, 6) is -0.298. The van der Waals surface area contributed by atoms with Crippen LogP contribution in [0.1, 0.15) is 39.6 Å². The highest BCUT2D eigenvalue weighted by molar-refractivity contribution is 5.99. The first-order valence-corrected chi connectivity index (χ1v) is 8.13. The highest BCUT2D eigenvalue weighted by Gasteiger charge is 2.25. The van der Waals surface area contributed by atoms with Gasteiger partial charge >= 0.3 is 0 Å². The van der Waals surface area contributed by atoms with Crippen molar-refractivity contribution in [3.63, 3.8) is 0 Å². The Hall–Kier alpha value is -2.80. The minimum Gasteiger partial charge on any atom is -0.484 e. The van der Waals surface area contributed by atoms with Crippen LogP contribution in [0.2, 0.25) is 0 Å². The van der Waals surface area contributed by atoms with Crippen molar-refractivity contribution in [2.24, 2.45) is 0 Å². The molecule has 0 aliphatic carbocycles. The molecule has 25 heavy (non-hydrogen) atoms. The first-order chi connectivity index (χ1) is 12.1. The zero-order valence-corrected chi connectivity index (χ0v) is 14.2. The Bertz CT molecular complexity index is 753. The predicted molar refractivity (Wildman–Crippen MR) is 91.7 cm³/mol. The standard InChI is InChI=1S/C18H21N3O4/c1-11(12-6-4-3-5-7-12)25-15-8-14(21-16(15)18(23)19-2)17(22)20-13-9-24-10-13/h3-8,11,13,21H,9-10H2,1-2H3,(H,19,23)(H,20,22)/t11-/m0/s1. The molecule has 1 fully saturated rings. The van der Waals surface area contributed by atoms with Crippen molar-refractivity contribution >= 4 is 11.8 Å². The summed E-state index contributed by atoms with van der Waals surface area (Å²) >= 11 is 0. The summed E-state index contributed by atoms with van der Waals surface area (Å²) in [4.78, 5) is 27.3. The molecule has 1 aromatic carbocycles. The maximum atomic E-state index is 12.3. The number of aromatic amines is 1. The SMILES string of the molecule is CNC(=O)c1[nH]c(C(=O)NC2COC2)cc1O[C@@H](C)c1ccccc1. The van der Waals surface area contributed by atoms with Crippen LogP contribution in [0, 0.1) is 0 Å². The minimum atomic E-state index is -0.346. The Kier molecular flexibility index (Phi) is 5.04. The second kappa shape index (κ2) is 7.40. The van der Waals surface area contributed by atoms with Gasteiger partial charge in [0.2, 0.25) is 0 Å². The second-order valence-corrected chi connectivity index (χ2v) is 5.88. The molecular formula is C18H21N3O4. The van der Waals surface area contributed by atoms with E-state index in [2.05, 4.69) is 15.6 Å². The Labute approximate surface area is 145 Å². The van der Waals surface area contributed by atoms with Gasteiger partial charge in [0.15, 0.2) is 5.75 Å². The molecule has 1 atom stereocenters. The van der Waals surface area contributed by atoms with Gasteiger partial charge < -0.3 is 25.1 Å². The second-order valence-electron chi connectivity index (χ2n) is 5.88. The topological polar surface area (TPSA) is 92.5 Å². The Morgan fingerprint density at radius 3 is 2.56 bits per heavy atom. The predicted octanol–water partition coefficient (Wildman–Crippen LogP) is 1.64. The molecule has 0 bridgehead atoms. The van der Waals surface area contributed by atoms with E-state index in [1.807, 2.05) is 37.3 Å². The van der Waals surface area contributed by atoms with E-state index < -0.39 is 0 Å². The lowest BCUT2D eigenvalue weighted by Crippen LogP contribution is -2.48. The highest BCUT2D eigenvalue weighted by Crippen LogP contribution is 2.26. The zero-order valence-electron chi connectivity index (χ0n) is 14.2. The number of hydrogen-bond donors (Lipinski definition) is 3. The summed E-state index contributed by atoms with van der Waals surface area (Å²) in [7, 11) is 1.53. The quantitative estimate of drug-likeness (QED) is 0.743. The minimum absolute atomic E-state index is 0.00635. The molecule has 1 aromatic heterocycles. The van der Waals surface area contributed by atoms with Crippen LogP contribution in [-0.4, -0.2) is 43.1 Å². The lowest BCUT2D eigenvalue weighted by atomic mass is 10.1. The van der Waals surface area contributed by atoms with Crippen LogP contribution in [0.3, 0.4) is 0 Å². The molecule has 2 aromatic rings. The van der Waals surface area contributed by atoms with E-state index in [0.29, 0.717) is 19.0 Å². The molecule has 7 nitrogen and oxygen atoms in total. The number of carbonyl (C=O) groups is 2. The van der Waals surface area contributed by atoms with Gasteiger partial charge in [-0.1, -0.05) is 30.3 Å². The van der Waals surface area contributed by atoms with Crippen molar-refractivity contribution in [3.8, 4) is 5.75 Å². The number of H-pyrrole nitrogens is 1. The molecule has 7 heteroatoms. The van der Waals surface area contributed by atoms with Gasteiger partial charge in [-0.05, 0) is 12.5 Å². The third kappa shape index (κ3) is 3.83. The Balaban J connectivity index is 1.80. The summed E-state index contributed by atoms with van der Waals surface area (Å²) < 4.78 is 11.0. The van der Waals surface area contributed by atoms with E-state index in [1.165, 1.54) is 7.05 Å². The molecule has 2 heterocycles. The van der Waals surface area contributed by atoms with Crippen LogP contribution in [0.5, 0.6) is 5.75 Å². The van der Waals surface area contributed by atoms with E-state index in [-0.39, 0.29) is 35.3 Å². The van der Waals surface area contributed by atoms with Crippen molar-refractivity contribution in [1.29, 1.82) is 0 Å². The van der Waals surface area contributed by atoms with E-state index in [0.717, 1.165) is 5.56 Å². The van der Waals surface area contributed by atoms with Crippen molar-refractivity contribution in [2.45, 2.75) is 19.1 Å². The average Bonchev–Trinajstić information content (AvgIpc) is 3.02. The van der Waals surface area contributed by atoms with Gasteiger partial charge in [-0.2, -0.15) is 0 Å². The lowest BCUT2D eigenvalue weighted by molar-refractivity contribution is -0.00354. The summed E-state index contributed by atoms with van der Waals surface area (Å²) in [5, 5.41) is 5.38. The summed E-state index contributed by atoms with van der Waals surface area (Å²) in [6.45, 7) is 2.90. The van der Waals surface area contributed by atoms with Crippen LogP contribution in [0.25, 0.3) is 0 Å². The average molecular weight is 343 g/mol. The summed E-state index contributed by atoms with van der Waals surface area (Å²) in [6.07, 6.45) is -0.267. The first kappa shape index (κ1) is 17.0. The van der Waals surface area contributed by atoms with Gasteiger partial charge in [0.1, 0.15) is 17.5 Å². The van der Waals surface area contributed by atoms with Crippen molar-refractivity contribution in [2.75, 3.05) is 20.3 Å². The van der Waals surface area contributed by atoms with Crippen LogP contribution < -0.4 is 15.4 Å². The van der Waals surface area contributed by atoms with Crippen molar-refractivity contribution < 1.29 is 19.1 Å². The highest BCUT2D eigenvalue weighted by atomic mass is 16.5. The fourth-order valence-electron chi connectivity index (χ4n) is 2.51. The smallest absolute Gasteiger partial charge is 0.271 e. The fraction of sp³-hybridized carbons (Fsp3) is 0.333. The molecule has 132 valence electrons. The molecule has 1 aliphatic rings. The monoisotopic (exact) mass is 343 g/mol. The van der Waals surface area contributed by atoms with Gasteiger partial charge in [0, 0.05) is 13.1 Å². The molecule has 1 saturated heterocycles. The van der Waals surface area contributed by atoms with E-state index in [9.17, 15) is 9.59 Å². The van der Waals surface area contributed by atoms with Gasteiger partial charge in [0.05, 0.1) is 19.3 Å². The Morgan fingerprint density at radius 1 is 1.24 bits per heavy atom. The third-order valence-corrected chi connectivity index (χ3v) is 4.03. The number of carbonyl (C=O) groups excluding carboxylic acids is 2. The van der Waals surface area contributed by atoms with Crippen molar-refractivity contribution in [3.05, 3.63) is 53.3 Å². The molecule has 3 N–H and O–H groups in total. The molecule has 3 rings (SSSR count). The maximum absolute atomic E-state index is 12.3. The number of ether oxygens (including phenoxy) is 2. The van der Waals surface area contributed by atoms with Crippen LogP contribution in [0.15, 0.2) is 36.4 Å². The zero-order chi connectivity index (χ0) is 17.8. The normalized spacial score (nSPS) is 15.1. The van der Waals surface area contributed by atoms with Crippen LogP contribution in [-0.2, 0) is 4.74 Å². The van der Waals surface area contributed by atoms with E-state index >= 15 is 0 Å². The first-order valence-electron chi connectivity index (χ1n) is 8.13. The molecule has 0 radical (unpaired) electrons. The fourth-order valence-corrected chi connectivity index (χ4v) is 2.51. The molecule has 0 unspecified atom stereocenters. The summed E-state index contributed by atoms with van der Waals surface area (Å²) in [5.41, 5.74) is 1.48.